The molecule has 1 saturated carbocycles. The van der Waals surface area contributed by atoms with E-state index < -0.39 is 0 Å². The third-order valence-electron chi connectivity index (χ3n) is 4.59. The quantitative estimate of drug-likeness (QED) is 0.661. The monoisotopic (exact) mass is 384 g/mol. The predicted octanol–water partition coefficient (Wildman–Crippen LogP) is 4.13. The van der Waals surface area contributed by atoms with Crippen LogP contribution in [-0.4, -0.2) is 24.9 Å². The van der Waals surface area contributed by atoms with Crippen LogP contribution in [0, 0.1) is 5.92 Å². The Morgan fingerprint density at radius 1 is 1.00 bits per heavy atom. The van der Waals surface area contributed by atoms with Gasteiger partial charge < -0.3 is 10.6 Å². The van der Waals surface area contributed by atoms with Crippen LogP contribution in [0.1, 0.15) is 50.5 Å². The summed E-state index contributed by atoms with van der Waals surface area (Å²) in [5, 5.41) is 6.63. The zero-order valence-corrected chi connectivity index (χ0v) is 16.0. The fraction of sp³-hybridized carbons (Fsp3) is 0.579. The molecule has 0 spiro atoms. The molecule has 0 saturated heterocycles. The fourth-order valence-electron chi connectivity index (χ4n) is 3.18. The topological polar surface area (TPSA) is 58.2 Å². The Morgan fingerprint density at radius 2 is 1.76 bits per heavy atom. The van der Waals surface area contributed by atoms with Crippen molar-refractivity contribution in [3.63, 3.8) is 0 Å². The number of carbonyl (C=O) groups is 2. The molecule has 0 radical (unpaired) electrons. The van der Waals surface area contributed by atoms with Crippen molar-refractivity contribution in [1.82, 2.24) is 10.6 Å². The van der Waals surface area contributed by atoms with Gasteiger partial charge in [-0.05, 0) is 49.3 Å². The molecular formula is C19H26Cl2N2O2. The summed E-state index contributed by atoms with van der Waals surface area (Å²) in [7, 11) is 0. The van der Waals surface area contributed by atoms with Crippen LogP contribution >= 0.6 is 23.2 Å². The summed E-state index contributed by atoms with van der Waals surface area (Å²) in [6, 6.07) is 5.55. The highest BCUT2D eigenvalue weighted by molar-refractivity contribution is 6.42. The van der Waals surface area contributed by atoms with Gasteiger partial charge in [-0.25, -0.2) is 0 Å². The molecule has 0 aliphatic heterocycles. The molecule has 0 bridgehead atoms. The normalized spacial score (nSPS) is 15.0. The molecule has 0 heterocycles. The molecule has 25 heavy (non-hydrogen) atoms. The first-order valence-corrected chi connectivity index (χ1v) is 9.77. The lowest BCUT2D eigenvalue weighted by atomic mass is 9.87. The van der Waals surface area contributed by atoms with Crippen LogP contribution in [0.15, 0.2) is 18.2 Å². The van der Waals surface area contributed by atoms with Crippen LogP contribution in [0.2, 0.25) is 10.0 Å². The first kappa shape index (κ1) is 20.1. The molecule has 1 aliphatic carbocycles. The van der Waals surface area contributed by atoms with Crippen molar-refractivity contribution in [3.05, 3.63) is 33.8 Å². The average Bonchev–Trinajstić information content (AvgIpc) is 2.61. The second-order valence-electron chi connectivity index (χ2n) is 6.69. The first-order valence-electron chi connectivity index (χ1n) is 9.02. The average molecular weight is 385 g/mol. The molecule has 2 rings (SSSR count). The standard InChI is InChI=1S/C19H26Cl2N2O2/c20-16-9-8-15(11-17(16)21)7-4-10-22-19(25)13-23-18(24)12-14-5-2-1-3-6-14/h8-9,11,14H,1-7,10,12-13H2,(H,22,25)(H,23,24). The molecule has 1 aromatic rings. The van der Waals surface area contributed by atoms with Gasteiger partial charge in [0.2, 0.25) is 11.8 Å². The van der Waals surface area contributed by atoms with Gasteiger partial charge in [0.25, 0.3) is 0 Å². The van der Waals surface area contributed by atoms with E-state index >= 15 is 0 Å². The Balaban J connectivity index is 1.55. The van der Waals surface area contributed by atoms with Crippen LogP contribution in [0.3, 0.4) is 0 Å². The minimum absolute atomic E-state index is 0.0159. The van der Waals surface area contributed by atoms with E-state index in [9.17, 15) is 9.59 Å². The van der Waals surface area contributed by atoms with E-state index in [1.54, 1.807) is 6.07 Å². The number of nitrogens with one attached hydrogen (secondary N) is 2. The number of hydrogen-bond donors (Lipinski definition) is 2. The van der Waals surface area contributed by atoms with Gasteiger partial charge in [-0.15, -0.1) is 0 Å². The lowest BCUT2D eigenvalue weighted by Gasteiger charge is -2.20. The maximum atomic E-state index is 11.9. The zero-order valence-electron chi connectivity index (χ0n) is 14.5. The van der Waals surface area contributed by atoms with Crippen molar-refractivity contribution in [2.24, 2.45) is 5.92 Å². The molecular weight excluding hydrogens is 359 g/mol. The Morgan fingerprint density at radius 3 is 2.48 bits per heavy atom. The van der Waals surface area contributed by atoms with Crippen LogP contribution < -0.4 is 10.6 Å². The molecule has 1 aliphatic rings. The van der Waals surface area contributed by atoms with Crippen LogP contribution in [0.4, 0.5) is 0 Å². The summed E-state index contributed by atoms with van der Waals surface area (Å²) in [5.41, 5.74) is 1.09. The summed E-state index contributed by atoms with van der Waals surface area (Å²) < 4.78 is 0. The van der Waals surface area contributed by atoms with Crippen molar-refractivity contribution in [2.75, 3.05) is 13.1 Å². The second-order valence-corrected chi connectivity index (χ2v) is 7.50. The maximum Gasteiger partial charge on any atom is 0.239 e. The second kappa shape index (κ2) is 10.7. The summed E-state index contributed by atoms with van der Waals surface area (Å²) in [4.78, 5) is 23.7. The van der Waals surface area contributed by atoms with Crippen LogP contribution in [0.25, 0.3) is 0 Å². The van der Waals surface area contributed by atoms with Gasteiger partial charge in [0.1, 0.15) is 0 Å². The van der Waals surface area contributed by atoms with Gasteiger partial charge in [-0.3, -0.25) is 9.59 Å². The van der Waals surface area contributed by atoms with Gasteiger partial charge in [0.05, 0.1) is 16.6 Å². The van der Waals surface area contributed by atoms with Crippen molar-refractivity contribution in [1.29, 1.82) is 0 Å². The summed E-state index contributed by atoms with van der Waals surface area (Å²) in [6.07, 6.45) is 8.15. The number of carbonyl (C=O) groups excluding carboxylic acids is 2. The molecule has 4 nitrogen and oxygen atoms in total. The molecule has 2 amide bonds. The number of aryl methyl sites for hydroxylation is 1. The minimum Gasteiger partial charge on any atom is -0.355 e. The third-order valence-corrected chi connectivity index (χ3v) is 5.33. The number of benzene rings is 1. The highest BCUT2D eigenvalue weighted by Crippen LogP contribution is 2.26. The van der Waals surface area contributed by atoms with E-state index in [1.807, 2.05) is 12.1 Å². The highest BCUT2D eigenvalue weighted by Gasteiger charge is 2.17. The fourth-order valence-corrected chi connectivity index (χ4v) is 3.50. The lowest BCUT2D eigenvalue weighted by Crippen LogP contribution is -2.38. The Kier molecular flexibility index (Phi) is 8.56. The zero-order chi connectivity index (χ0) is 18.1. The predicted molar refractivity (Wildman–Crippen MR) is 102 cm³/mol. The maximum absolute atomic E-state index is 11.9. The molecule has 0 aromatic heterocycles. The van der Waals surface area contributed by atoms with E-state index in [0.29, 0.717) is 28.9 Å². The van der Waals surface area contributed by atoms with Gasteiger partial charge in [0.15, 0.2) is 0 Å². The van der Waals surface area contributed by atoms with Crippen LogP contribution in [-0.2, 0) is 16.0 Å². The Hall–Kier alpha value is -1.26. The first-order chi connectivity index (χ1) is 12.0. The molecule has 6 heteroatoms. The van der Waals surface area contributed by atoms with E-state index in [1.165, 1.54) is 19.3 Å². The SMILES string of the molecule is O=C(CNC(=O)CC1CCCCC1)NCCCc1ccc(Cl)c(Cl)c1. The minimum atomic E-state index is -0.147. The lowest BCUT2D eigenvalue weighted by molar-refractivity contribution is -0.126. The Bertz CT molecular complexity index is 587. The van der Waals surface area contributed by atoms with E-state index in [4.69, 9.17) is 23.2 Å². The van der Waals surface area contributed by atoms with Crippen molar-refractivity contribution >= 4 is 35.0 Å². The van der Waals surface area contributed by atoms with Gasteiger partial charge >= 0.3 is 0 Å². The van der Waals surface area contributed by atoms with Crippen molar-refractivity contribution in [2.45, 2.75) is 51.4 Å². The van der Waals surface area contributed by atoms with Crippen LogP contribution in [0.5, 0.6) is 0 Å². The molecule has 1 fully saturated rings. The van der Waals surface area contributed by atoms with Crippen molar-refractivity contribution in [3.8, 4) is 0 Å². The third kappa shape index (κ3) is 7.66. The molecule has 0 atom stereocenters. The molecule has 138 valence electrons. The summed E-state index contributed by atoms with van der Waals surface area (Å²) >= 11 is 11.9. The van der Waals surface area contributed by atoms with Gasteiger partial charge in [-0.1, -0.05) is 48.5 Å². The molecule has 1 aromatic carbocycles. The molecule has 2 N–H and O–H groups in total. The summed E-state index contributed by atoms with van der Waals surface area (Å²) in [5.74, 6) is 0.326. The van der Waals surface area contributed by atoms with Crippen molar-refractivity contribution < 1.29 is 9.59 Å². The number of rotatable bonds is 8. The highest BCUT2D eigenvalue weighted by atomic mass is 35.5. The Labute approximate surface area is 159 Å². The number of hydrogen-bond acceptors (Lipinski definition) is 2. The molecule has 0 unspecified atom stereocenters. The van der Waals surface area contributed by atoms with Gasteiger partial charge in [-0.2, -0.15) is 0 Å². The largest absolute Gasteiger partial charge is 0.355 e. The van der Waals surface area contributed by atoms with Gasteiger partial charge in [0, 0.05) is 13.0 Å². The summed E-state index contributed by atoms with van der Waals surface area (Å²) in [6.45, 7) is 0.621. The van der Waals surface area contributed by atoms with E-state index in [2.05, 4.69) is 10.6 Å². The van der Waals surface area contributed by atoms with E-state index in [0.717, 1.165) is 31.2 Å². The number of amides is 2. The number of halogens is 2. The smallest absolute Gasteiger partial charge is 0.239 e. The van der Waals surface area contributed by atoms with E-state index in [-0.39, 0.29) is 18.4 Å².